The van der Waals surface area contributed by atoms with E-state index in [9.17, 15) is 4.79 Å². The van der Waals surface area contributed by atoms with Crippen molar-refractivity contribution in [3.63, 3.8) is 0 Å². The Hall–Kier alpha value is -2.44. The topological polar surface area (TPSA) is 78.0 Å². The van der Waals surface area contributed by atoms with E-state index in [4.69, 9.17) is 0 Å². The van der Waals surface area contributed by atoms with Gasteiger partial charge in [0.25, 0.3) is 5.56 Å². The molecular formula is C16H20N6O. The highest BCUT2D eigenvalue weighted by Crippen LogP contribution is 2.24. The van der Waals surface area contributed by atoms with E-state index < -0.39 is 0 Å². The Labute approximate surface area is 134 Å². The zero-order chi connectivity index (χ0) is 15.6. The second-order valence-corrected chi connectivity index (χ2v) is 6.16. The molecule has 0 radical (unpaired) electrons. The molecule has 0 amide bonds. The summed E-state index contributed by atoms with van der Waals surface area (Å²) in [6.07, 6.45) is 6.22. The minimum atomic E-state index is -0.151. The molecule has 2 aliphatic heterocycles. The molecule has 4 rings (SSSR count). The molecule has 7 nitrogen and oxygen atoms in total. The van der Waals surface area contributed by atoms with Crippen LogP contribution in [0.2, 0.25) is 0 Å². The number of rotatable bonds is 2. The Morgan fingerprint density at radius 1 is 0.957 bits per heavy atom. The summed E-state index contributed by atoms with van der Waals surface area (Å²) in [7, 11) is 0. The summed E-state index contributed by atoms with van der Waals surface area (Å²) in [5.41, 5.74) is 1.81. The third-order valence-electron chi connectivity index (χ3n) is 4.60. The molecule has 0 bridgehead atoms. The van der Waals surface area contributed by atoms with E-state index in [2.05, 4.69) is 36.0 Å². The van der Waals surface area contributed by atoms with Gasteiger partial charge in [-0.3, -0.25) is 4.79 Å². The van der Waals surface area contributed by atoms with Gasteiger partial charge in [-0.2, -0.15) is 5.10 Å². The third kappa shape index (κ3) is 2.91. The lowest BCUT2D eigenvalue weighted by Crippen LogP contribution is -2.34. The van der Waals surface area contributed by atoms with Crippen LogP contribution in [0.1, 0.15) is 30.5 Å². The van der Waals surface area contributed by atoms with Crippen LogP contribution in [-0.4, -0.2) is 39.8 Å². The Bertz CT molecular complexity index is 752. The molecule has 0 saturated carbocycles. The van der Waals surface area contributed by atoms with E-state index in [-0.39, 0.29) is 5.56 Å². The van der Waals surface area contributed by atoms with Gasteiger partial charge in [0.1, 0.15) is 18.0 Å². The number of hydrogen-bond acceptors (Lipinski definition) is 6. The second-order valence-electron chi connectivity index (χ2n) is 6.16. The molecule has 4 heterocycles. The zero-order valence-corrected chi connectivity index (χ0v) is 13.0. The smallest absolute Gasteiger partial charge is 0.264 e. The molecule has 0 atom stereocenters. The first kappa shape index (κ1) is 14.2. The van der Waals surface area contributed by atoms with Crippen molar-refractivity contribution in [1.82, 2.24) is 20.2 Å². The van der Waals surface area contributed by atoms with Crippen LogP contribution in [0.4, 0.5) is 11.6 Å². The minimum absolute atomic E-state index is 0.151. The molecule has 23 heavy (non-hydrogen) atoms. The first-order chi connectivity index (χ1) is 11.3. The molecule has 2 aromatic rings. The molecule has 1 N–H and O–H groups in total. The van der Waals surface area contributed by atoms with Crippen LogP contribution >= 0.6 is 0 Å². The Morgan fingerprint density at radius 2 is 1.74 bits per heavy atom. The summed E-state index contributed by atoms with van der Waals surface area (Å²) < 4.78 is 0. The fraction of sp³-hybridized carbons (Fsp3) is 0.500. The molecule has 0 aliphatic carbocycles. The van der Waals surface area contributed by atoms with Crippen LogP contribution < -0.4 is 15.4 Å². The number of H-pyrrole nitrogens is 1. The van der Waals surface area contributed by atoms with Crippen molar-refractivity contribution < 1.29 is 0 Å². The van der Waals surface area contributed by atoms with Gasteiger partial charge in [-0.15, -0.1) is 0 Å². The third-order valence-corrected chi connectivity index (χ3v) is 4.60. The molecule has 2 aliphatic rings. The number of nitrogens with zero attached hydrogens (tertiary/aromatic N) is 5. The summed E-state index contributed by atoms with van der Waals surface area (Å²) in [6.45, 7) is 3.66. The molecule has 7 heteroatoms. The predicted octanol–water partition coefficient (Wildman–Crippen LogP) is 1.11. The number of hydrogen-bond donors (Lipinski definition) is 1. The molecule has 120 valence electrons. The standard InChI is InChI=1S/C16H20N6O/c23-16-8-12-10-22(7-4-13(12)19-20-16)15-9-14(17-11-18-15)21-5-2-1-3-6-21/h8-9,11H,1-7,10H2,(H,20,23). The predicted molar refractivity (Wildman–Crippen MR) is 87.7 cm³/mol. The Balaban J connectivity index is 1.57. The number of fused-ring (bicyclic) bond motifs is 1. The van der Waals surface area contributed by atoms with Crippen molar-refractivity contribution in [3.05, 3.63) is 40.1 Å². The molecular weight excluding hydrogens is 292 g/mol. The van der Waals surface area contributed by atoms with Gasteiger partial charge in [0.05, 0.1) is 5.69 Å². The monoisotopic (exact) mass is 312 g/mol. The SMILES string of the molecule is O=c1cc2c(n[nH]1)CCN(c1cc(N3CCCCC3)ncn1)C2. The van der Waals surface area contributed by atoms with Crippen molar-refractivity contribution >= 4 is 11.6 Å². The number of aromatic nitrogens is 4. The normalized spacial score (nSPS) is 17.9. The lowest BCUT2D eigenvalue weighted by molar-refractivity contribution is 0.572. The van der Waals surface area contributed by atoms with Crippen LogP contribution in [-0.2, 0) is 13.0 Å². The number of nitrogens with one attached hydrogen (secondary N) is 1. The second kappa shape index (κ2) is 5.98. The van der Waals surface area contributed by atoms with Crippen LogP contribution in [0.5, 0.6) is 0 Å². The summed E-state index contributed by atoms with van der Waals surface area (Å²) in [4.78, 5) is 24.9. The number of aromatic amines is 1. The maximum Gasteiger partial charge on any atom is 0.264 e. The van der Waals surface area contributed by atoms with Crippen LogP contribution in [0.3, 0.4) is 0 Å². The van der Waals surface area contributed by atoms with E-state index >= 15 is 0 Å². The molecule has 0 unspecified atom stereocenters. The molecule has 1 saturated heterocycles. The first-order valence-corrected chi connectivity index (χ1v) is 8.19. The average molecular weight is 312 g/mol. The number of anilines is 2. The lowest BCUT2D eigenvalue weighted by Gasteiger charge is -2.31. The van der Waals surface area contributed by atoms with E-state index in [1.54, 1.807) is 12.4 Å². The van der Waals surface area contributed by atoms with Gasteiger partial charge < -0.3 is 9.80 Å². The lowest BCUT2D eigenvalue weighted by atomic mass is 10.1. The van der Waals surface area contributed by atoms with Gasteiger partial charge in [-0.05, 0) is 19.3 Å². The summed E-state index contributed by atoms with van der Waals surface area (Å²) in [5.74, 6) is 1.93. The molecule has 0 aromatic carbocycles. The van der Waals surface area contributed by atoms with Crippen molar-refractivity contribution in [2.75, 3.05) is 29.4 Å². The number of piperidine rings is 1. The van der Waals surface area contributed by atoms with Crippen molar-refractivity contribution in [3.8, 4) is 0 Å². The quantitative estimate of drug-likeness (QED) is 0.895. The van der Waals surface area contributed by atoms with Crippen molar-refractivity contribution in [2.24, 2.45) is 0 Å². The zero-order valence-electron chi connectivity index (χ0n) is 13.0. The fourth-order valence-electron chi connectivity index (χ4n) is 3.35. The van der Waals surface area contributed by atoms with E-state index in [0.717, 1.165) is 48.9 Å². The maximum absolute atomic E-state index is 11.5. The van der Waals surface area contributed by atoms with E-state index in [1.165, 1.54) is 19.3 Å². The van der Waals surface area contributed by atoms with Gasteiger partial charge >= 0.3 is 0 Å². The highest BCUT2D eigenvalue weighted by molar-refractivity contribution is 5.51. The average Bonchev–Trinajstić information content (AvgIpc) is 2.62. The van der Waals surface area contributed by atoms with E-state index in [1.807, 2.05) is 0 Å². The van der Waals surface area contributed by atoms with Gasteiger partial charge in [-0.1, -0.05) is 0 Å². The molecule has 0 spiro atoms. The first-order valence-electron chi connectivity index (χ1n) is 8.19. The Kier molecular flexibility index (Phi) is 3.69. The van der Waals surface area contributed by atoms with Crippen molar-refractivity contribution in [1.29, 1.82) is 0 Å². The van der Waals surface area contributed by atoms with E-state index in [0.29, 0.717) is 6.54 Å². The van der Waals surface area contributed by atoms with Gasteiger partial charge in [0.2, 0.25) is 0 Å². The van der Waals surface area contributed by atoms with Crippen LogP contribution in [0.25, 0.3) is 0 Å². The maximum atomic E-state index is 11.5. The summed E-state index contributed by atoms with van der Waals surface area (Å²) in [6, 6.07) is 3.71. The Morgan fingerprint density at radius 3 is 2.57 bits per heavy atom. The van der Waals surface area contributed by atoms with Gasteiger partial charge in [0.15, 0.2) is 0 Å². The van der Waals surface area contributed by atoms with Gasteiger partial charge in [-0.25, -0.2) is 15.1 Å². The largest absolute Gasteiger partial charge is 0.356 e. The highest BCUT2D eigenvalue weighted by Gasteiger charge is 2.20. The van der Waals surface area contributed by atoms with Crippen molar-refractivity contribution in [2.45, 2.75) is 32.2 Å². The molecule has 1 fully saturated rings. The summed E-state index contributed by atoms with van der Waals surface area (Å²) in [5, 5.41) is 6.64. The van der Waals surface area contributed by atoms with Crippen LogP contribution in [0, 0.1) is 0 Å². The highest BCUT2D eigenvalue weighted by atomic mass is 16.1. The molecule has 2 aromatic heterocycles. The summed E-state index contributed by atoms with van der Waals surface area (Å²) >= 11 is 0. The minimum Gasteiger partial charge on any atom is -0.356 e. The van der Waals surface area contributed by atoms with Gasteiger partial charge in [0, 0.05) is 50.3 Å². The van der Waals surface area contributed by atoms with Crippen LogP contribution in [0.15, 0.2) is 23.3 Å². The fourth-order valence-corrected chi connectivity index (χ4v) is 3.35.